The van der Waals surface area contributed by atoms with Crippen LogP contribution >= 0.6 is 0 Å². The average molecular weight is 320 g/mol. The zero-order valence-electron chi connectivity index (χ0n) is 14.6. The predicted octanol–water partition coefficient (Wildman–Crippen LogP) is 4.33. The lowest BCUT2D eigenvalue weighted by molar-refractivity contribution is -0.130. The van der Waals surface area contributed by atoms with E-state index in [1.807, 2.05) is 0 Å². The molecule has 0 amide bonds. The molecule has 0 radical (unpaired) electrons. The van der Waals surface area contributed by atoms with Gasteiger partial charge in [-0.15, -0.1) is 0 Å². The van der Waals surface area contributed by atoms with Crippen molar-refractivity contribution in [3.8, 4) is 0 Å². The standard InChI is InChI=1S/C20H32O3/c1-2-3-14-4-6-15(7-5-14)16-8-10-17(11-9-16)18(21)12-19(22)20-13-23-20/h14-17,20H,2-13H2,1H3. The van der Waals surface area contributed by atoms with Gasteiger partial charge in [0.25, 0.3) is 0 Å². The van der Waals surface area contributed by atoms with Gasteiger partial charge in [0, 0.05) is 5.92 Å². The van der Waals surface area contributed by atoms with E-state index in [-0.39, 0.29) is 30.0 Å². The van der Waals surface area contributed by atoms with Gasteiger partial charge in [-0.1, -0.05) is 32.6 Å². The summed E-state index contributed by atoms with van der Waals surface area (Å²) in [5, 5.41) is 0. The van der Waals surface area contributed by atoms with E-state index in [2.05, 4.69) is 6.92 Å². The maximum Gasteiger partial charge on any atom is 0.171 e. The highest BCUT2D eigenvalue weighted by molar-refractivity contribution is 6.02. The topological polar surface area (TPSA) is 46.7 Å². The molecule has 0 aromatic heterocycles. The molecule has 3 fully saturated rings. The summed E-state index contributed by atoms with van der Waals surface area (Å²) in [4.78, 5) is 24.0. The normalized spacial score (nSPS) is 37.3. The summed E-state index contributed by atoms with van der Waals surface area (Å²) in [6, 6.07) is 0. The summed E-state index contributed by atoms with van der Waals surface area (Å²) in [6.07, 6.45) is 12.7. The van der Waals surface area contributed by atoms with E-state index in [1.54, 1.807) is 0 Å². The van der Waals surface area contributed by atoms with Crippen molar-refractivity contribution in [2.75, 3.05) is 6.61 Å². The second kappa shape index (κ2) is 7.92. The monoisotopic (exact) mass is 320 g/mol. The van der Waals surface area contributed by atoms with Crippen molar-refractivity contribution < 1.29 is 14.3 Å². The molecule has 1 atom stereocenters. The van der Waals surface area contributed by atoms with Crippen LogP contribution in [0.2, 0.25) is 0 Å². The molecule has 0 spiro atoms. The van der Waals surface area contributed by atoms with E-state index in [4.69, 9.17) is 4.74 Å². The van der Waals surface area contributed by atoms with E-state index in [0.717, 1.165) is 30.6 Å². The van der Waals surface area contributed by atoms with Gasteiger partial charge in [-0.05, 0) is 56.3 Å². The molecule has 3 heteroatoms. The Labute approximate surface area is 140 Å². The van der Waals surface area contributed by atoms with Gasteiger partial charge < -0.3 is 4.74 Å². The molecular formula is C20H32O3. The summed E-state index contributed by atoms with van der Waals surface area (Å²) < 4.78 is 4.98. The summed E-state index contributed by atoms with van der Waals surface area (Å²) in [7, 11) is 0. The Hall–Kier alpha value is -0.700. The van der Waals surface area contributed by atoms with Crippen LogP contribution in [-0.2, 0) is 14.3 Å². The molecule has 1 aliphatic heterocycles. The van der Waals surface area contributed by atoms with Crippen molar-refractivity contribution in [1.82, 2.24) is 0 Å². The number of ether oxygens (including phenoxy) is 1. The molecule has 1 unspecified atom stereocenters. The molecule has 2 aliphatic carbocycles. The zero-order chi connectivity index (χ0) is 16.2. The van der Waals surface area contributed by atoms with Crippen molar-refractivity contribution in [1.29, 1.82) is 0 Å². The van der Waals surface area contributed by atoms with Gasteiger partial charge in [0.1, 0.15) is 11.9 Å². The van der Waals surface area contributed by atoms with E-state index in [0.29, 0.717) is 6.61 Å². The average Bonchev–Trinajstić information content (AvgIpc) is 3.41. The number of Topliss-reactive ketones (excluding diaryl/α,β-unsaturated/α-hetero) is 2. The lowest BCUT2D eigenvalue weighted by Gasteiger charge is -2.37. The largest absolute Gasteiger partial charge is 0.365 e. The third-order valence-corrected chi connectivity index (χ3v) is 6.52. The minimum absolute atomic E-state index is 0.00590. The van der Waals surface area contributed by atoms with Crippen LogP contribution in [0.5, 0.6) is 0 Å². The molecule has 0 aromatic rings. The smallest absolute Gasteiger partial charge is 0.171 e. The highest BCUT2D eigenvalue weighted by Gasteiger charge is 2.36. The fourth-order valence-electron chi connectivity index (χ4n) is 4.93. The summed E-state index contributed by atoms with van der Waals surface area (Å²) in [5.74, 6) is 3.04. The van der Waals surface area contributed by atoms with Gasteiger partial charge in [-0.3, -0.25) is 9.59 Å². The van der Waals surface area contributed by atoms with Crippen LogP contribution in [-0.4, -0.2) is 24.3 Å². The molecule has 0 N–H and O–H groups in total. The van der Waals surface area contributed by atoms with Gasteiger partial charge in [-0.25, -0.2) is 0 Å². The van der Waals surface area contributed by atoms with Crippen LogP contribution in [0.25, 0.3) is 0 Å². The maximum atomic E-state index is 12.3. The second-order valence-corrected chi connectivity index (χ2v) is 8.11. The van der Waals surface area contributed by atoms with E-state index < -0.39 is 0 Å². The first-order valence-corrected chi connectivity index (χ1v) is 9.84. The Morgan fingerprint density at radius 1 is 0.870 bits per heavy atom. The molecule has 130 valence electrons. The van der Waals surface area contributed by atoms with Crippen LogP contribution in [0.15, 0.2) is 0 Å². The number of rotatable bonds is 7. The van der Waals surface area contributed by atoms with E-state index in [1.165, 1.54) is 51.4 Å². The fourth-order valence-corrected chi connectivity index (χ4v) is 4.93. The molecule has 2 saturated carbocycles. The van der Waals surface area contributed by atoms with Crippen LogP contribution in [0.4, 0.5) is 0 Å². The number of hydrogen-bond donors (Lipinski definition) is 0. The SMILES string of the molecule is CCCC1CCC(C2CCC(C(=O)CC(=O)C3CO3)CC2)CC1. The first-order valence-electron chi connectivity index (χ1n) is 9.84. The predicted molar refractivity (Wildman–Crippen MR) is 90.2 cm³/mol. The van der Waals surface area contributed by atoms with Gasteiger partial charge in [-0.2, -0.15) is 0 Å². The van der Waals surface area contributed by atoms with Crippen molar-refractivity contribution in [2.45, 2.75) is 83.7 Å². The highest BCUT2D eigenvalue weighted by Crippen LogP contribution is 2.42. The van der Waals surface area contributed by atoms with Crippen LogP contribution in [0, 0.1) is 23.7 Å². The minimum atomic E-state index is -0.256. The number of carbonyl (C=O) groups is 2. The third kappa shape index (κ3) is 4.65. The minimum Gasteiger partial charge on any atom is -0.365 e. The Morgan fingerprint density at radius 3 is 1.96 bits per heavy atom. The first-order chi connectivity index (χ1) is 11.2. The number of carbonyl (C=O) groups excluding carboxylic acids is 2. The summed E-state index contributed by atoms with van der Waals surface area (Å²) >= 11 is 0. The first kappa shape index (κ1) is 17.1. The van der Waals surface area contributed by atoms with Crippen molar-refractivity contribution in [2.24, 2.45) is 23.7 Å². The molecule has 1 heterocycles. The van der Waals surface area contributed by atoms with Gasteiger partial charge in [0.15, 0.2) is 5.78 Å². The Kier molecular flexibility index (Phi) is 5.90. The van der Waals surface area contributed by atoms with Crippen molar-refractivity contribution >= 4 is 11.6 Å². The molecule has 3 rings (SSSR count). The summed E-state index contributed by atoms with van der Waals surface area (Å²) in [5.41, 5.74) is 0. The van der Waals surface area contributed by atoms with Crippen LogP contribution in [0.1, 0.15) is 77.6 Å². The fraction of sp³-hybridized carbons (Fsp3) is 0.900. The number of ketones is 2. The third-order valence-electron chi connectivity index (χ3n) is 6.52. The molecular weight excluding hydrogens is 288 g/mol. The van der Waals surface area contributed by atoms with Crippen molar-refractivity contribution in [3.05, 3.63) is 0 Å². The maximum absolute atomic E-state index is 12.3. The number of epoxide rings is 1. The molecule has 23 heavy (non-hydrogen) atoms. The molecule has 0 aromatic carbocycles. The highest BCUT2D eigenvalue weighted by atomic mass is 16.6. The number of hydrogen-bond acceptors (Lipinski definition) is 3. The Morgan fingerprint density at radius 2 is 1.43 bits per heavy atom. The molecule has 1 saturated heterocycles. The lowest BCUT2D eigenvalue weighted by Crippen LogP contribution is -2.29. The lowest BCUT2D eigenvalue weighted by atomic mass is 9.68. The molecule has 3 aliphatic rings. The molecule has 3 nitrogen and oxygen atoms in total. The van der Waals surface area contributed by atoms with Crippen molar-refractivity contribution in [3.63, 3.8) is 0 Å². The van der Waals surface area contributed by atoms with Gasteiger partial charge in [0.05, 0.1) is 13.0 Å². The van der Waals surface area contributed by atoms with Crippen LogP contribution < -0.4 is 0 Å². The second-order valence-electron chi connectivity index (χ2n) is 8.11. The Bertz CT molecular complexity index is 411. The van der Waals surface area contributed by atoms with Crippen LogP contribution in [0.3, 0.4) is 0 Å². The summed E-state index contributed by atoms with van der Waals surface area (Å²) in [6.45, 7) is 2.82. The van der Waals surface area contributed by atoms with Gasteiger partial charge in [0.2, 0.25) is 0 Å². The van der Waals surface area contributed by atoms with Gasteiger partial charge >= 0.3 is 0 Å². The zero-order valence-corrected chi connectivity index (χ0v) is 14.6. The Balaban J connectivity index is 1.38. The van der Waals surface area contributed by atoms with E-state index in [9.17, 15) is 9.59 Å². The quantitative estimate of drug-likeness (QED) is 0.518. The molecule has 0 bridgehead atoms. The van der Waals surface area contributed by atoms with E-state index >= 15 is 0 Å².